The van der Waals surface area contributed by atoms with E-state index in [9.17, 15) is 9.90 Å². The fourth-order valence-electron chi connectivity index (χ4n) is 3.04. The SMILES string of the molecule is C/C=C/[C@H](O[Si](C)(C)C(C)(C)C)C(C)(C)[C@@H](O)CC(=O)N1C(=S)SC[C@H]1C(C)C. The van der Waals surface area contributed by atoms with Crippen molar-refractivity contribution in [2.24, 2.45) is 11.3 Å². The van der Waals surface area contributed by atoms with Gasteiger partial charge < -0.3 is 9.53 Å². The van der Waals surface area contributed by atoms with E-state index >= 15 is 0 Å². The van der Waals surface area contributed by atoms with Crippen LogP contribution in [0.1, 0.15) is 61.8 Å². The molecule has 0 aliphatic carbocycles. The van der Waals surface area contributed by atoms with Crippen molar-refractivity contribution in [2.75, 3.05) is 5.75 Å². The topological polar surface area (TPSA) is 49.8 Å². The molecule has 1 saturated heterocycles. The first-order chi connectivity index (χ1) is 13.1. The van der Waals surface area contributed by atoms with Gasteiger partial charge in [0.15, 0.2) is 8.32 Å². The predicted molar refractivity (Wildman–Crippen MR) is 132 cm³/mol. The number of rotatable bonds is 8. The smallest absolute Gasteiger partial charge is 0.230 e. The third-order valence-electron chi connectivity index (χ3n) is 6.50. The summed E-state index contributed by atoms with van der Waals surface area (Å²) in [4.78, 5) is 14.8. The van der Waals surface area contributed by atoms with E-state index < -0.39 is 19.8 Å². The second-order valence-corrected chi connectivity index (χ2v) is 16.9. The first kappa shape index (κ1) is 26.8. The summed E-state index contributed by atoms with van der Waals surface area (Å²) in [7, 11) is -2.05. The van der Waals surface area contributed by atoms with E-state index in [2.05, 4.69) is 47.7 Å². The van der Waals surface area contributed by atoms with Crippen LogP contribution in [0.15, 0.2) is 12.2 Å². The van der Waals surface area contributed by atoms with E-state index in [1.807, 2.05) is 32.9 Å². The summed E-state index contributed by atoms with van der Waals surface area (Å²) in [6.07, 6.45) is 2.93. The highest BCUT2D eigenvalue weighted by Crippen LogP contribution is 2.41. The van der Waals surface area contributed by atoms with Crippen LogP contribution >= 0.6 is 24.0 Å². The van der Waals surface area contributed by atoms with Gasteiger partial charge in [-0.25, -0.2) is 0 Å². The first-order valence-corrected chi connectivity index (χ1v) is 14.8. The molecule has 0 radical (unpaired) electrons. The average Bonchev–Trinajstić information content (AvgIpc) is 2.95. The van der Waals surface area contributed by atoms with Crippen LogP contribution in [0.5, 0.6) is 0 Å². The maximum absolute atomic E-state index is 13.1. The van der Waals surface area contributed by atoms with Gasteiger partial charge in [-0.15, -0.1) is 0 Å². The number of amides is 1. The fraction of sp³-hybridized carbons (Fsp3) is 0.818. The van der Waals surface area contributed by atoms with Crippen molar-refractivity contribution in [3.8, 4) is 0 Å². The Morgan fingerprint density at radius 3 is 2.34 bits per heavy atom. The number of aliphatic hydroxyl groups excluding tert-OH is 1. The van der Waals surface area contributed by atoms with Crippen molar-refractivity contribution in [3.05, 3.63) is 12.2 Å². The highest BCUT2D eigenvalue weighted by Gasteiger charge is 2.45. The Labute approximate surface area is 189 Å². The molecule has 29 heavy (non-hydrogen) atoms. The van der Waals surface area contributed by atoms with Gasteiger partial charge in [-0.2, -0.15) is 0 Å². The van der Waals surface area contributed by atoms with Crippen LogP contribution in [0.25, 0.3) is 0 Å². The van der Waals surface area contributed by atoms with E-state index in [1.165, 1.54) is 0 Å². The minimum absolute atomic E-state index is 0.0475. The van der Waals surface area contributed by atoms with Crippen LogP contribution in [0.4, 0.5) is 0 Å². The summed E-state index contributed by atoms with van der Waals surface area (Å²) in [5.74, 6) is 1.07. The third-order valence-corrected chi connectivity index (χ3v) is 12.5. The molecule has 1 aliphatic rings. The number of thiocarbonyl (C=S) groups is 1. The number of nitrogens with zero attached hydrogens (tertiary/aromatic N) is 1. The number of carbonyl (C=O) groups is 1. The third kappa shape index (κ3) is 6.39. The Hall–Kier alpha value is -0.213. The summed E-state index contributed by atoms with van der Waals surface area (Å²) in [5.41, 5.74) is -0.612. The molecule has 1 aliphatic heterocycles. The number of allylic oxidation sites excluding steroid dienone is 1. The molecule has 0 spiro atoms. The van der Waals surface area contributed by atoms with Crippen LogP contribution in [0.2, 0.25) is 18.1 Å². The van der Waals surface area contributed by atoms with Crippen LogP contribution in [-0.4, -0.2) is 52.6 Å². The van der Waals surface area contributed by atoms with Gasteiger partial charge in [0.05, 0.1) is 18.6 Å². The minimum Gasteiger partial charge on any atom is -0.410 e. The largest absolute Gasteiger partial charge is 0.410 e. The Morgan fingerprint density at radius 2 is 1.90 bits per heavy atom. The molecule has 0 bridgehead atoms. The molecular weight excluding hydrogens is 418 g/mol. The Morgan fingerprint density at radius 1 is 1.34 bits per heavy atom. The zero-order chi connectivity index (χ0) is 22.8. The monoisotopic (exact) mass is 459 g/mol. The summed E-state index contributed by atoms with van der Waals surface area (Å²) in [6.45, 7) is 21.2. The molecule has 0 saturated carbocycles. The molecule has 1 rings (SSSR count). The van der Waals surface area contributed by atoms with Gasteiger partial charge in [0, 0.05) is 17.2 Å². The zero-order valence-electron chi connectivity index (χ0n) is 19.9. The quantitative estimate of drug-likeness (QED) is 0.290. The Balaban J connectivity index is 3.02. The fourth-order valence-corrected chi connectivity index (χ4v) is 6.07. The summed E-state index contributed by atoms with van der Waals surface area (Å²) < 4.78 is 7.28. The van der Waals surface area contributed by atoms with E-state index in [0.717, 1.165) is 5.75 Å². The van der Waals surface area contributed by atoms with Crippen molar-refractivity contribution in [2.45, 2.75) is 98.2 Å². The minimum atomic E-state index is -2.05. The van der Waals surface area contributed by atoms with Crippen LogP contribution in [0.3, 0.4) is 0 Å². The summed E-state index contributed by atoms with van der Waals surface area (Å²) >= 11 is 6.98. The van der Waals surface area contributed by atoms with Crippen LogP contribution in [0, 0.1) is 11.3 Å². The molecule has 0 aromatic carbocycles. The van der Waals surface area contributed by atoms with Gasteiger partial charge in [0.1, 0.15) is 4.32 Å². The van der Waals surface area contributed by atoms with Gasteiger partial charge >= 0.3 is 0 Å². The highest BCUT2D eigenvalue weighted by molar-refractivity contribution is 8.23. The van der Waals surface area contributed by atoms with Crippen molar-refractivity contribution in [1.29, 1.82) is 0 Å². The Bertz CT molecular complexity index is 626. The molecule has 4 nitrogen and oxygen atoms in total. The van der Waals surface area contributed by atoms with Crippen molar-refractivity contribution >= 4 is 42.5 Å². The second-order valence-electron chi connectivity index (χ2n) is 10.5. The Kier molecular flexibility index (Phi) is 9.19. The molecular formula is C22H41NO3S2Si. The molecule has 1 fully saturated rings. The molecule has 1 N–H and O–H groups in total. The molecule has 168 valence electrons. The van der Waals surface area contributed by atoms with Gasteiger partial charge in [-0.05, 0) is 31.0 Å². The van der Waals surface area contributed by atoms with E-state index in [0.29, 0.717) is 10.2 Å². The lowest BCUT2D eigenvalue weighted by molar-refractivity contribution is -0.134. The van der Waals surface area contributed by atoms with E-state index in [-0.39, 0.29) is 29.5 Å². The normalized spacial score (nSPS) is 21.3. The zero-order valence-corrected chi connectivity index (χ0v) is 22.5. The van der Waals surface area contributed by atoms with Gasteiger partial charge in [0.2, 0.25) is 5.91 Å². The molecule has 0 aromatic heterocycles. The van der Waals surface area contributed by atoms with Crippen LogP contribution in [-0.2, 0) is 9.22 Å². The molecule has 3 atom stereocenters. The number of carbonyl (C=O) groups excluding carboxylic acids is 1. The predicted octanol–water partition coefficient (Wildman–Crippen LogP) is 5.62. The number of aliphatic hydroxyl groups is 1. The molecule has 7 heteroatoms. The lowest BCUT2D eigenvalue weighted by Crippen LogP contribution is -2.51. The lowest BCUT2D eigenvalue weighted by atomic mass is 9.79. The highest BCUT2D eigenvalue weighted by atomic mass is 32.2. The van der Waals surface area contributed by atoms with Gasteiger partial charge in [-0.3, -0.25) is 9.69 Å². The first-order valence-electron chi connectivity index (χ1n) is 10.5. The van der Waals surface area contributed by atoms with Crippen molar-refractivity contribution in [3.63, 3.8) is 0 Å². The number of hydrogen-bond donors (Lipinski definition) is 1. The maximum Gasteiger partial charge on any atom is 0.230 e. The number of thioether (sulfide) groups is 1. The standard InChI is InChI=1S/C22H41NO3S2Si/c1-11-12-18(26-29(9,10)21(4,5)6)22(7,8)17(24)13-19(25)23-16(15(2)3)14-28-20(23)27/h11-12,15-18,24H,13-14H2,1-10H3/b12-11+/t16-,17-,18-/m0/s1. The van der Waals surface area contributed by atoms with E-state index in [1.54, 1.807) is 16.7 Å². The van der Waals surface area contributed by atoms with Crippen molar-refractivity contribution in [1.82, 2.24) is 4.90 Å². The average molecular weight is 460 g/mol. The van der Waals surface area contributed by atoms with Crippen molar-refractivity contribution < 1.29 is 14.3 Å². The second kappa shape index (κ2) is 9.94. The molecule has 1 amide bonds. The molecule has 0 unspecified atom stereocenters. The summed E-state index contributed by atoms with van der Waals surface area (Å²) in [5, 5.41) is 11.2. The maximum atomic E-state index is 13.1. The van der Waals surface area contributed by atoms with E-state index in [4.69, 9.17) is 16.6 Å². The van der Waals surface area contributed by atoms with Gasteiger partial charge in [-0.1, -0.05) is 84.6 Å². The molecule has 1 heterocycles. The summed E-state index contributed by atoms with van der Waals surface area (Å²) in [6, 6.07) is 0.102. The van der Waals surface area contributed by atoms with Crippen LogP contribution < -0.4 is 0 Å². The molecule has 0 aromatic rings. The number of hydrogen-bond acceptors (Lipinski definition) is 5. The van der Waals surface area contributed by atoms with Gasteiger partial charge in [0.25, 0.3) is 0 Å². The lowest BCUT2D eigenvalue weighted by Gasteiger charge is -2.45.